The van der Waals surface area contributed by atoms with E-state index in [4.69, 9.17) is 16.3 Å². The number of methoxy groups -OCH3 is 1. The van der Waals surface area contributed by atoms with Crippen molar-refractivity contribution in [3.05, 3.63) is 63.4 Å². The molecule has 0 aliphatic carbocycles. The number of ether oxygens (including phenoxy) is 2. The van der Waals surface area contributed by atoms with Crippen molar-refractivity contribution in [1.29, 1.82) is 5.26 Å². The monoisotopic (exact) mass is 418 g/mol. The first-order valence-electron chi connectivity index (χ1n) is 7.97. The van der Waals surface area contributed by atoms with Gasteiger partial charge in [0, 0.05) is 21.5 Å². The molecule has 4 nitrogen and oxygen atoms in total. The molecule has 3 rings (SSSR count). The third-order valence-corrected chi connectivity index (χ3v) is 4.86. The summed E-state index contributed by atoms with van der Waals surface area (Å²) >= 11 is 7.17. The first kappa shape index (κ1) is 19.8. The maximum atomic E-state index is 12.8. The van der Waals surface area contributed by atoms with Crippen LogP contribution in [0.3, 0.4) is 0 Å². The lowest BCUT2D eigenvalue weighted by molar-refractivity contribution is -0.0513. The van der Waals surface area contributed by atoms with Crippen LogP contribution in [-0.2, 0) is 0 Å². The first-order chi connectivity index (χ1) is 13.5. The number of alkyl halides is 2. The SMILES string of the molecule is COc1cccc(/C=C(\C#N)c2nc(-c3ccc(Cl)cc3)cs2)c1OC(F)F. The highest BCUT2D eigenvalue weighted by Crippen LogP contribution is 2.35. The molecule has 0 fully saturated rings. The van der Waals surface area contributed by atoms with E-state index < -0.39 is 6.61 Å². The van der Waals surface area contributed by atoms with Gasteiger partial charge in [0.1, 0.15) is 11.1 Å². The van der Waals surface area contributed by atoms with E-state index >= 15 is 0 Å². The molecule has 1 heterocycles. The molecule has 142 valence electrons. The van der Waals surface area contributed by atoms with Crippen molar-refractivity contribution in [2.24, 2.45) is 0 Å². The molecular weight excluding hydrogens is 406 g/mol. The Balaban J connectivity index is 2.00. The van der Waals surface area contributed by atoms with E-state index in [9.17, 15) is 14.0 Å². The smallest absolute Gasteiger partial charge is 0.387 e. The van der Waals surface area contributed by atoms with Crippen LogP contribution in [0.5, 0.6) is 11.5 Å². The fourth-order valence-corrected chi connectivity index (χ4v) is 3.39. The van der Waals surface area contributed by atoms with Crippen LogP contribution >= 0.6 is 22.9 Å². The third kappa shape index (κ3) is 4.47. The lowest BCUT2D eigenvalue weighted by Gasteiger charge is -2.12. The topological polar surface area (TPSA) is 55.1 Å². The molecule has 0 aliphatic heterocycles. The highest BCUT2D eigenvalue weighted by atomic mass is 35.5. The second kappa shape index (κ2) is 8.83. The zero-order chi connectivity index (χ0) is 20.1. The van der Waals surface area contributed by atoms with Gasteiger partial charge in [-0.2, -0.15) is 14.0 Å². The van der Waals surface area contributed by atoms with Gasteiger partial charge < -0.3 is 9.47 Å². The second-order valence-corrected chi connectivity index (χ2v) is 6.77. The van der Waals surface area contributed by atoms with Crippen molar-refractivity contribution >= 4 is 34.6 Å². The Morgan fingerprint density at radius 1 is 1.25 bits per heavy atom. The van der Waals surface area contributed by atoms with Crippen molar-refractivity contribution in [2.75, 3.05) is 7.11 Å². The highest BCUT2D eigenvalue weighted by molar-refractivity contribution is 7.11. The summed E-state index contributed by atoms with van der Waals surface area (Å²) < 4.78 is 35.3. The molecule has 0 aliphatic rings. The summed E-state index contributed by atoms with van der Waals surface area (Å²) in [7, 11) is 1.35. The fourth-order valence-electron chi connectivity index (χ4n) is 2.47. The average molecular weight is 419 g/mol. The zero-order valence-corrected chi connectivity index (χ0v) is 16.1. The van der Waals surface area contributed by atoms with Gasteiger partial charge in [-0.3, -0.25) is 0 Å². The van der Waals surface area contributed by atoms with Gasteiger partial charge in [0.05, 0.1) is 18.4 Å². The fraction of sp³-hybridized carbons (Fsp3) is 0.100. The Morgan fingerprint density at radius 3 is 2.64 bits per heavy atom. The number of rotatable bonds is 6. The van der Waals surface area contributed by atoms with Gasteiger partial charge in [0.2, 0.25) is 0 Å². The average Bonchev–Trinajstić information content (AvgIpc) is 3.17. The maximum Gasteiger partial charge on any atom is 0.387 e. The summed E-state index contributed by atoms with van der Waals surface area (Å²) in [5.41, 5.74) is 2.05. The number of aromatic nitrogens is 1. The van der Waals surface area contributed by atoms with E-state index in [0.29, 0.717) is 21.3 Å². The zero-order valence-electron chi connectivity index (χ0n) is 14.5. The van der Waals surface area contributed by atoms with E-state index in [0.717, 1.165) is 5.56 Å². The summed E-state index contributed by atoms with van der Waals surface area (Å²) in [6, 6.07) is 13.9. The van der Waals surface area contributed by atoms with Crippen molar-refractivity contribution in [3.63, 3.8) is 0 Å². The summed E-state index contributed by atoms with van der Waals surface area (Å²) in [6.07, 6.45) is 1.45. The molecule has 0 unspecified atom stereocenters. The third-order valence-electron chi connectivity index (χ3n) is 3.73. The molecular formula is C20H13ClF2N2O2S. The molecule has 1 aromatic heterocycles. The highest BCUT2D eigenvalue weighted by Gasteiger charge is 2.16. The van der Waals surface area contributed by atoms with E-state index in [1.54, 1.807) is 24.3 Å². The quantitative estimate of drug-likeness (QED) is 0.451. The number of halogens is 3. The first-order valence-corrected chi connectivity index (χ1v) is 9.23. The van der Waals surface area contributed by atoms with Crippen LogP contribution in [0, 0.1) is 11.3 Å². The van der Waals surface area contributed by atoms with Crippen molar-refractivity contribution < 1.29 is 18.3 Å². The molecule has 0 amide bonds. The molecule has 0 spiro atoms. The Kier molecular flexibility index (Phi) is 6.24. The van der Waals surface area contributed by atoms with Gasteiger partial charge in [0.15, 0.2) is 11.5 Å². The van der Waals surface area contributed by atoms with E-state index in [1.165, 1.54) is 30.6 Å². The summed E-state index contributed by atoms with van der Waals surface area (Å²) in [4.78, 5) is 4.48. The molecule has 0 N–H and O–H groups in total. The molecule has 0 saturated carbocycles. The Bertz CT molecular complexity index is 1040. The van der Waals surface area contributed by atoms with Gasteiger partial charge in [-0.05, 0) is 24.3 Å². The summed E-state index contributed by atoms with van der Waals surface area (Å²) in [6.45, 7) is -3.02. The van der Waals surface area contributed by atoms with Crippen molar-refractivity contribution in [3.8, 4) is 28.8 Å². The van der Waals surface area contributed by atoms with Crippen LogP contribution in [0.2, 0.25) is 5.02 Å². The van der Waals surface area contributed by atoms with Crippen LogP contribution in [-0.4, -0.2) is 18.7 Å². The Labute approximate surface area is 169 Å². The summed E-state index contributed by atoms with van der Waals surface area (Å²) in [5.74, 6) is 0.00885. The van der Waals surface area contributed by atoms with E-state index in [2.05, 4.69) is 15.8 Å². The molecule has 0 atom stereocenters. The van der Waals surface area contributed by atoms with Gasteiger partial charge in [-0.25, -0.2) is 4.98 Å². The van der Waals surface area contributed by atoms with E-state index in [1.807, 2.05) is 17.5 Å². The lowest BCUT2D eigenvalue weighted by Crippen LogP contribution is -2.05. The predicted molar refractivity (Wildman–Crippen MR) is 106 cm³/mol. The standard InChI is InChI=1S/C20H13ClF2N2O2S/c1-26-17-4-2-3-13(18(17)27-20(22)23)9-14(10-24)19-25-16(11-28-19)12-5-7-15(21)8-6-12/h2-9,11,20H,1H3/b14-9+. The van der Waals surface area contributed by atoms with E-state index in [-0.39, 0.29) is 17.1 Å². The van der Waals surface area contributed by atoms with Gasteiger partial charge in [-0.1, -0.05) is 35.9 Å². The second-order valence-electron chi connectivity index (χ2n) is 5.47. The number of nitrogens with zero attached hydrogens (tertiary/aromatic N) is 2. The van der Waals surface area contributed by atoms with Crippen molar-refractivity contribution in [2.45, 2.75) is 6.61 Å². The largest absolute Gasteiger partial charge is 0.493 e. The summed E-state index contributed by atoms with van der Waals surface area (Å²) in [5, 5.41) is 12.4. The lowest BCUT2D eigenvalue weighted by atomic mass is 10.1. The minimum Gasteiger partial charge on any atom is -0.493 e. The number of allylic oxidation sites excluding steroid dienone is 1. The number of hydrogen-bond acceptors (Lipinski definition) is 5. The number of nitriles is 1. The predicted octanol–water partition coefficient (Wildman–Crippen LogP) is 6.14. The number of benzene rings is 2. The minimum absolute atomic E-state index is 0.137. The Morgan fingerprint density at radius 2 is 2.00 bits per heavy atom. The van der Waals surface area contributed by atoms with Crippen molar-refractivity contribution in [1.82, 2.24) is 4.98 Å². The Hall–Kier alpha value is -2.95. The van der Waals surface area contributed by atoms with Crippen LogP contribution in [0.4, 0.5) is 8.78 Å². The molecule has 0 saturated heterocycles. The number of para-hydroxylation sites is 1. The molecule has 0 radical (unpaired) electrons. The number of hydrogen-bond donors (Lipinski definition) is 0. The molecule has 2 aromatic carbocycles. The van der Waals surface area contributed by atoms with Gasteiger partial charge >= 0.3 is 6.61 Å². The van der Waals surface area contributed by atoms with Crippen LogP contribution < -0.4 is 9.47 Å². The minimum atomic E-state index is -3.02. The van der Waals surface area contributed by atoms with Gasteiger partial charge in [-0.15, -0.1) is 11.3 Å². The van der Waals surface area contributed by atoms with Crippen LogP contribution in [0.1, 0.15) is 10.6 Å². The normalized spacial score (nSPS) is 11.4. The maximum absolute atomic E-state index is 12.8. The molecule has 3 aromatic rings. The number of thiazole rings is 1. The van der Waals surface area contributed by atoms with Gasteiger partial charge in [0.25, 0.3) is 0 Å². The molecule has 0 bridgehead atoms. The molecule has 8 heteroatoms. The van der Waals surface area contributed by atoms with Crippen LogP contribution in [0.15, 0.2) is 47.8 Å². The van der Waals surface area contributed by atoms with Crippen LogP contribution in [0.25, 0.3) is 22.9 Å². The molecule has 28 heavy (non-hydrogen) atoms.